The zero-order valence-corrected chi connectivity index (χ0v) is 20.8. The molecule has 1 atom stereocenters. The highest BCUT2D eigenvalue weighted by atomic mass is 19.1. The molecule has 8 nitrogen and oxygen atoms in total. The first-order valence-corrected chi connectivity index (χ1v) is 12.0. The van der Waals surface area contributed by atoms with Gasteiger partial charge in [-0.25, -0.2) is 4.39 Å². The summed E-state index contributed by atoms with van der Waals surface area (Å²) in [6, 6.07) is 19.0. The van der Waals surface area contributed by atoms with E-state index in [2.05, 4.69) is 10.4 Å². The van der Waals surface area contributed by atoms with Gasteiger partial charge in [-0.3, -0.25) is 14.3 Å². The fourth-order valence-corrected chi connectivity index (χ4v) is 4.33. The number of hydrogen-bond donors (Lipinski definition) is 3. The van der Waals surface area contributed by atoms with Crippen molar-refractivity contribution >= 4 is 28.4 Å². The number of fused-ring (bicyclic) bond motifs is 1. The van der Waals surface area contributed by atoms with E-state index in [9.17, 15) is 14.7 Å². The second-order valence-corrected chi connectivity index (χ2v) is 8.91. The lowest BCUT2D eigenvalue weighted by molar-refractivity contribution is -0.138. The van der Waals surface area contributed by atoms with Gasteiger partial charge in [0.1, 0.15) is 13.1 Å². The molecule has 0 saturated carbocycles. The van der Waals surface area contributed by atoms with Crippen LogP contribution in [0.3, 0.4) is 0 Å². The number of halogens is 1. The minimum atomic E-state index is -0.641. The number of benzene rings is 3. The number of hydrogen-bond acceptors (Lipinski definition) is 5. The SMILES string of the molecule is Cc1ccccc1-c1cccc(NC(=O)CN(C(=O)Cn2nc(CN)c3ccccc32)[C@H](C)CO)c1F. The molecule has 9 heteroatoms. The van der Waals surface area contributed by atoms with E-state index < -0.39 is 23.7 Å². The molecule has 0 aliphatic carbocycles. The molecule has 4 aromatic rings. The normalized spacial score (nSPS) is 11.9. The van der Waals surface area contributed by atoms with Crippen LogP contribution >= 0.6 is 0 Å². The van der Waals surface area contributed by atoms with Crippen LogP contribution in [0.2, 0.25) is 0 Å². The van der Waals surface area contributed by atoms with Crippen LogP contribution in [-0.4, -0.2) is 50.8 Å². The number of para-hydroxylation sites is 1. The molecular formula is C28H30FN5O3. The lowest BCUT2D eigenvalue weighted by Gasteiger charge is -2.27. The Morgan fingerprint density at radius 1 is 1.08 bits per heavy atom. The van der Waals surface area contributed by atoms with E-state index in [-0.39, 0.29) is 31.9 Å². The van der Waals surface area contributed by atoms with Crippen LogP contribution in [0, 0.1) is 12.7 Å². The van der Waals surface area contributed by atoms with Crippen LogP contribution < -0.4 is 11.1 Å². The first-order chi connectivity index (χ1) is 17.8. The maximum absolute atomic E-state index is 15.3. The molecule has 2 amide bonds. The molecule has 3 aromatic carbocycles. The van der Waals surface area contributed by atoms with Gasteiger partial charge in [0, 0.05) is 17.5 Å². The van der Waals surface area contributed by atoms with Crippen LogP contribution in [0.25, 0.3) is 22.0 Å². The molecule has 0 bridgehead atoms. The van der Waals surface area contributed by atoms with Crippen LogP contribution in [0.5, 0.6) is 0 Å². The molecule has 0 fully saturated rings. The van der Waals surface area contributed by atoms with E-state index in [0.29, 0.717) is 11.3 Å². The molecule has 0 aliphatic heterocycles. The van der Waals surface area contributed by atoms with Gasteiger partial charge < -0.3 is 21.1 Å². The number of aryl methyl sites for hydroxylation is 1. The number of nitrogens with two attached hydrogens (primary N) is 1. The summed E-state index contributed by atoms with van der Waals surface area (Å²) < 4.78 is 16.9. The third kappa shape index (κ3) is 5.52. The number of aliphatic hydroxyl groups is 1. The van der Waals surface area contributed by atoms with Gasteiger partial charge in [-0.15, -0.1) is 0 Å². The van der Waals surface area contributed by atoms with Crippen molar-refractivity contribution in [2.75, 3.05) is 18.5 Å². The van der Waals surface area contributed by atoms with E-state index in [0.717, 1.165) is 22.0 Å². The second-order valence-electron chi connectivity index (χ2n) is 8.91. The summed E-state index contributed by atoms with van der Waals surface area (Å²) in [5.74, 6) is -1.55. The zero-order valence-electron chi connectivity index (χ0n) is 20.8. The Morgan fingerprint density at radius 3 is 2.51 bits per heavy atom. The van der Waals surface area contributed by atoms with Crippen LogP contribution in [0.1, 0.15) is 18.2 Å². The second kappa shape index (κ2) is 11.3. The smallest absolute Gasteiger partial charge is 0.245 e. The number of amides is 2. The van der Waals surface area contributed by atoms with Crippen LogP contribution in [-0.2, 0) is 22.7 Å². The summed E-state index contributed by atoms with van der Waals surface area (Å²) in [4.78, 5) is 27.5. The number of carbonyl (C=O) groups excluding carboxylic acids is 2. The molecule has 192 valence electrons. The lowest BCUT2D eigenvalue weighted by atomic mass is 9.99. The summed E-state index contributed by atoms with van der Waals surface area (Å²) in [6.45, 7) is 2.89. The van der Waals surface area contributed by atoms with Crippen molar-refractivity contribution in [3.8, 4) is 11.1 Å². The molecule has 0 radical (unpaired) electrons. The maximum Gasteiger partial charge on any atom is 0.245 e. The summed E-state index contributed by atoms with van der Waals surface area (Å²) in [7, 11) is 0. The minimum absolute atomic E-state index is 0.0143. The summed E-state index contributed by atoms with van der Waals surface area (Å²) in [6.07, 6.45) is 0. The fraction of sp³-hybridized carbons (Fsp3) is 0.250. The Balaban J connectivity index is 1.53. The van der Waals surface area contributed by atoms with E-state index >= 15 is 4.39 Å². The van der Waals surface area contributed by atoms with E-state index in [1.165, 1.54) is 11.0 Å². The van der Waals surface area contributed by atoms with E-state index in [4.69, 9.17) is 5.73 Å². The molecule has 0 unspecified atom stereocenters. The molecule has 0 saturated heterocycles. The molecule has 0 aliphatic rings. The summed E-state index contributed by atoms with van der Waals surface area (Å²) in [5.41, 5.74) is 9.23. The average Bonchev–Trinajstić information content (AvgIpc) is 3.26. The Bertz CT molecular complexity index is 1430. The van der Waals surface area contributed by atoms with Crippen molar-refractivity contribution in [3.63, 3.8) is 0 Å². The predicted molar refractivity (Wildman–Crippen MR) is 141 cm³/mol. The van der Waals surface area contributed by atoms with Gasteiger partial charge in [0.25, 0.3) is 0 Å². The fourth-order valence-electron chi connectivity index (χ4n) is 4.33. The molecule has 4 N–H and O–H groups in total. The van der Waals surface area contributed by atoms with Crippen molar-refractivity contribution in [2.45, 2.75) is 33.0 Å². The van der Waals surface area contributed by atoms with E-state index in [1.807, 2.05) is 55.5 Å². The molecule has 1 heterocycles. The van der Waals surface area contributed by atoms with Crippen molar-refractivity contribution < 1.29 is 19.1 Å². The largest absolute Gasteiger partial charge is 0.394 e. The quantitative estimate of drug-likeness (QED) is 0.324. The van der Waals surface area contributed by atoms with Gasteiger partial charge in [-0.1, -0.05) is 54.6 Å². The average molecular weight is 504 g/mol. The Morgan fingerprint density at radius 2 is 1.78 bits per heavy atom. The zero-order chi connectivity index (χ0) is 26.5. The number of rotatable bonds is 9. The van der Waals surface area contributed by atoms with E-state index in [1.54, 1.807) is 23.7 Å². The third-order valence-electron chi connectivity index (χ3n) is 6.35. The van der Waals surface area contributed by atoms with Crippen LogP contribution in [0.4, 0.5) is 10.1 Å². The number of aromatic nitrogens is 2. The Labute approximate surface area is 214 Å². The first kappa shape index (κ1) is 26.0. The number of nitrogens with zero attached hydrogens (tertiary/aromatic N) is 3. The highest BCUT2D eigenvalue weighted by Gasteiger charge is 2.25. The first-order valence-electron chi connectivity index (χ1n) is 12.0. The lowest BCUT2D eigenvalue weighted by Crippen LogP contribution is -2.46. The molecule has 37 heavy (non-hydrogen) atoms. The third-order valence-corrected chi connectivity index (χ3v) is 6.35. The minimum Gasteiger partial charge on any atom is -0.394 e. The monoisotopic (exact) mass is 503 g/mol. The highest BCUT2D eigenvalue weighted by Crippen LogP contribution is 2.30. The van der Waals surface area contributed by atoms with Crippen LogP contribution in [0.15, 0.2) is 66.7 Å². The topological polar surface area (TPSA) is 113 Å². The predicted octanol–water partition coefficient (Wildman–Crippen LogP) is 3.46. The van der Waals surface area contributed by atoms with Crippen molar-refractivity contribution in [1.82, 2.24) is 14.7 Å². The van der Waals surface area contributed by atoms with Crippen molar-refractivity contribution in [1.29, 1.82) is 0 Å². The van der Waals surface area contributed by atoms with Gasteiger partial charge in [-0.05, 0) is 37.1 Å². The molecule has 0 spiro atoms. The number of anilines is 1. The molecule has 1 aromatic heterocycles. The highest BCUT2D eigenvalue weighted by molar-refractivity contribution is 5.95. The van der Waals surface area contributed by atoms with Gasteiger partial charge in [0.2, 0.25) is 11.8 Å². The van der Waals surface area contributed by atoms with Gasteiger partial charge >= 0.3 is 0 Å². The Hall–Kier alpha value is -4.08. The van der Waals surface area contributed by atoms with Crippen molar-refractivity contribution in [3.05, 3.63) is 83.8 Å². The van der Waals surface area contributed by atoms with Gasteiger partial charge in [0.15, 0.2) is 5.82 Å². The van der Waals surface area contributed by atoms with Gasteiger partial charge in [-0.2, -0.15) is 5.10 Å². The Kier molecular flexibility index (Phi) is 7.95. The van der Waals surface area contributed by atoms with Crippen molar-refractivity contribution in [2.24, 2.45) is 5.73 Å². The molecular weight excluding hydrogens is 473 g/mol. The number of carbonyl (C=O) groups is 2. The summed E-state index contributed by atoms with van der Waals surface area (Å²) >= 11 is 0. The number of aliphatic hydroxyl groups excluding tert-OH is 1. The maximum atomic E-state index is 15.3. The summed E-state index contributed by atoms with van der Waals surface area (Å²) in [5, 5.41) is 17.6. The standard InChI is InChI=1S/C28H30FN5O3/c1-18-8-3-4-9-20(18)21-11-7-12-23(28(21)29)31-26(36)15-33(19(2)17-35)27(37)16-34-25-13-6-5-10-22(25)24(14-30)32-34/h3-13,19,35H,14-17,30H2,1-2H3,(H,31,36)/t19-/m1/s1. The number of nitrogens with one attached hydrogen (secondary N) is 1. The van der Waals surface area contributed by atoms with Gasteiger partial charge in [0.05, 0.1) is 29.5 Å². The molecule has 4 rings (SSSR count).